The zero-order valence-corrected chi connectivity index (χ0v) is 10.7. The zero-order valence-electron chi connectivity index (χ0n) is 10.7. The van der Waals surface area contributed by atoms with Crippen LogP contribution in [-0.4, -0.2) is 18.8 Å². The number of nitriles is 1. The summed E-state index contributed by atoms with van der Waals surface area (Å²) in [6.07, 6.45) is 4.18. The van der Waals surface area contributed by atoms with Crippen molar-refractivity contribution in [1.29, 1.82) is 5.26 Å². The van der Waals surface area contributed by atoms with E-state index < -0.39 is 0 Å². The highest BCUT2D eigenvalue weighted by atomic mass is 16.5. The molecule has 0 bridgehead atoms. The molecule has 1 heterocycles. The normalized spacial score (nSPS) is 29.1. The molecule has 4 rings (SSSR count). The van der Waals surface area contributed by atoms with E-state index in [0.717, 1.165) is 49.4 Å². The summed E-state index contributed by atoms with van der Waals surface area (Å²) in [6.45, 7) is 0.734. The predicted molar refractivity (Wildman–Crippen MR) is 69.2 cm³/mol. The van der Waals surface area contributed by atoms with Crippen molar-refractivity contribution in [3.63, 3.8) is 0 Å². The fourth-order valence-corrected chi connectivity index (χ4v) is 3.10. The van der Waals surface area contributed by atoms with Crippen LogP contribution in [0, 0.1) is 11.3 Å². The number of fused-ring (bicyclic) bond motifs is 2. The Bertz CT molecular complexity index is 581. The van der Waals surface area contributed by atoms with Gasteiger partial charge >= 0.3 is 0 Å². The van der Waals surface area contributed by atoms with Gasteiger partial charge in [0.2, 0.25) is 0 Å². The molecular formula is C15H16N2O2. The molecule has 4 heteroatoms. The standard InChI is InChI=1S/C15H16N2O2/c16-7-9-1-2-12-13(15(3-4-15)8-18-12)14(9)19-11-5-10(17)6-11/h1-2,10-11H,3-6,8,17H2/t10-,11-. The second-order valence-electron chi connectivity index (χ2n) is 5.97. The van der Waals surface area contributed by atoms with Gasteiger partial charge in [-0.25, -0.2) is 0 Å². The summed E-state index contributed by atoms with van der Waals surface area (Å²) in [6, 6.07) is 6.20. The van der Waals surface area contributed by atoms with E-state index >= 15 is 0 Å². The van der Waals surface area contributed by atoms with Crippen LogP contribution in [0.3, 0.4) is 0 Å². The Morgan fingerprint density at radius 2 is 2.16 bits per heavy atom. The van der Waals surface area contributed by atoms with Crippen LogP contribution in [0.5, 0.6) is 11.5 Å². The van der Waals surface area contributed by atoms with Gasteiger partial charge in [-0.1, -0.05) is 0 Å². The van der Waals surface area contributed by atoms with Crippen LogP contribution in [0.1, 0.15) is 36.8 Å². The second kappa shape index (κ2) is 3.64. The van der Waals surface area contributed by atoms with Crippen LogP contribution in [-0.2, 0) is 5.41 Å². The first kappa shape index (κ1) is 11.1. The summed E-state index contributed by atoms with van der Waals surface area (Å²) in [5, 5.41) is 9.30. The van der Waals surface area contributed by atoms with E-state index in [2.05, 4.69) is 6.07 Å². The Morgan fingerprint density at radius 3 is 2.79 bits per heavy atom. The first-order valence-corrected chi connectivity index (χ1v) is 6.84. The average molecular weight is 256 g/mol. The van der Waals surface area contributed by atoms with Crippen LogP contribution in [0.2, 0.25) is 0 Å². The molecule has 0 unspecified atom stereocenters. The van der Waals surface area contributed by atoms with Crippen molar-refractivity contribution in [2.75, 3.05) is 6.61 Å². The molecule has 98 valence electrons. The van der Waals surface area contributed by atoms with Gasteiger partial charge in [0.1, 0.15) is 23.7 Å². The predicted octanol–water partition coefficient (Wildman–Crippen LogP) is 1.85. The molecule has 4 nitrogen and oxygen atoms in total. The van der Waals surface area contributed by atoms with Crippen molar-refractivity contribution in [1.82, 2.24) is 0 Å². The second-order valence-corrected chi connectivity index (χ2v) is 5.97. The summed E-state index contributed by atoms with van der Waals surface area (Å²) in [7, 11) is 0. The maximum atomic E-state index is 9.30. The molecular weight excluding hydrogens is 240 g/mol. The Kier molecular flexibility index (Phi) is 2.13. The van der Waals surface area contributed by atoms with Crippen molar-refractivity contribution in [2.45, 2.75) is 43.2 Å². The summed E-state index contributed by atoms with van der Waals surface area (Å²) in [5.74, 6) is 1.65. The summed E-state index contributed by atoms with van der Waals surface area (Å²) in [4.78, 5) is 0. The summed E-state index contributed by atoms with van der Waals surface area (Å²) < 4.78 is 11.8. The molecule has 2 fully saturated rings. The third kappa shape index (κ3) is 1.55. The molecule has 0 amide bonds. The topological polar surface area (TPSA) is 68.3 Å². The first-order valence-electron chi connectivity index (χ1n) is 6.84. The zero-order chi connectivity index (χ0) is 13.0. The van der Waals surface area contributed by atoms with E-state index in [-0.39, 0.29) is 17.6 Å². The maximum absolute atomic E-state index is 9.30. The van der Waals surface area contributed by atoms with Crippen LogP contribution in [0.15, 0.2) is 12.1 Å². The van der Waals surface area contributed by atoms with Gasteiger partial charge in [0, 0.05) is 17.0 Å². The van der Waals surface area contributed by atoms with Gasteiger partial charge in [-0.2, -0.15) is 5.26 Å². The monoisotopic (exact) mass is 256 g/mol. The molecule has 0 saturated heterocycles. The highest BCUT2D eigenvalue weighted by molar-refractivity contribution is 5.61. The number of rotatable bonds is 2. The summed E-state index contributed by atoms with van der Waals surface area (Å²) in [5.41, 5.74) is 7.68. The van der Waals surface area contributed by atoms with Crippen molar-refractivity contribution in [3.8, 4) is 17.6 Å². The molecule has 1 aliphatic heterocycles. The molecule has 3 aliphatic rings. The lowest BCUT2D eigenvalue weighted by Crippen LogP contribution is -2.43. The lowest BCUT2D eigenvalue weighted by Gasteiger charge is -2.33. The number of hydrogen-bond acceptors (Lipinski definition) is 4. The first-order chi connectivity index (χ1) is 9.22. The third-order valence-corrected chi connectivity index (χ3v) is 4.54. The number of hydrogen-bond donors (Lipinski definition) is 1. The number of benzene rings is 1. The molecule has 1 spiro atoms. The third-order valence-electron chi connectivity index (χ3n) is 4.54. The Balaban J connectivity index is 1.75. The van der Waals surface area contributed by atoms with Crippen molar-refractivity contribution >= 4 is 0 Å². The van der Waals surface area contributed by atoms with E-state index in [4.69, 9.17) is 15.2 Å². The van der Waals surface area contributed by atoms with Crippen LogP contribution >= 0.6 is 0 Å². The highest BCUT2D eigenvalue weighted by Crippen LogP contribution is 2.59. The average Bonchev–Trinajstić information content (AvgIpc) is 3.05. The quantitative estimate of drug-likeness (QED) is 0.876. The summed E-state index contributed by atoms with van der Waals surface area (Å²) >= 11 is 0. The molecule has 19 heavy (non-hydrogen) atoms. The molecule has 0 aromatic heterocycles. The molecule has 0 atom stereocenters. The number of nitrogens with zero attached hydrogens (tertiary/aromatic N) is 1. The van der Waals surface area contributed by atoms with E-state index in [1.54, 1.807) is 6.07 Å². The molecule has 1 aromatic carbocycles. The van der Waals surface area contributed by atoms with Crippen LogP contribution in [0.4, 0.5) is 0 Å². The van der Waals surface area contributed by atoms with Crippen LogP contribution in [0.25, 0.3) is 0 Å². The van der Waals surface area contributed by atoms with E-state index in [1.807, 2.05) is 6.07 Å². The Hall–Kier alpha value is -1.73. The van der Waals surface area contributed by atoms with E-state index in [9.17, 15) is 5.26 Å². The van der Waals surface area contributed by atoms with Gasteiger partial charge in [-0.3, -0.25) is 0 Å². The lowest BCUT2D eigenvalue weighted by molar-refractivity contribution is 0.0991. The van der Waals surface area contributed by atoms with Gasteiger partial charge in [0.25, 0.3) is 0 Å². The van der Waals surface area contributed by atoms with E-state index in [0.29, 0.717) is 5.56 Å². The van der Waals surface area contributed by atoms with Gasteiger partial charge < -0.3 is 15.2 Å². The molecule has 2 saturated carbocycles. The van der Waals surface area contributed by atoms with Gasteiger partial charge in [-0.15, -0.1) is 0 Å². The fourth-order valence-electron chi connectivity index (χ4n) is 3.10. The van der Waals surface area contributed by atoms with Gasteiger partial charge in [0.15, 0.2) is 0 Å². The minimum Gasteiger partial charge on any atom is -0.492 e. The minimum atomic E-state index is 0.128. The van der Waals surface area contributed by atoms with Crippen LogP contribution < -0.4 is 15.2 Å². The van der Waals surface area contributed by atoms with Gasteiger partial charge in [-0.05, 0) is 37.8 Å². The lowest BCUT2D eigenvalue weighted by atomic mass is 9.89. The Morgan fingerprint density at radius 1 is 1.37 bits per heavy atom. The highest BCUT2D eigenvalue weighted by Gasteiger charge is 2.53. The molecule has 2 N–H and O–H groups in total. The SMILES string of the molecule is N#Cc1ccc2c(c1O[C@H]1C[C@H](N)C1)C1(CC1)CO2. The molecule has 1 aromatic rings. The molecule has 2 aliphatic carbocycles. The maximum Gasteiger partial charge on any atom is 0.145 e. The smallest absolute Gasteiger partial charge is 0.145 e. The largest absolute Gasteiger partial charge is 0.492 e. The number of nitrogens with two attached hydrogens (primary N) is 1. The van der Waals surface area contributed by atoms with Crippen molar-refractivity contribution in [3.05, 3.63) is 23.3 Å². The van der Waals surface area contributed by atoms with Gasteiger partial charge in [0.05, 0.1) is 12.2 Å². The number of ether oxygens (including phenoxy) is 2. The molecule has 0 radical (unpaired) electrons. The van der Waals surface area contributed by atoms with Crippen molar-refractivity contribution < 1.29 is 9.47 Å². The Labute approximate surface area is 112 Å². The van der Waals surface area contributed by atoms with Crippen molar-refractivity contribution in [2.24, 2.45) is 5.73 Å². The minimum absolute atomic E-state index is 0.128. The fraction of sp³-hybridized carbons (Fsp3) is 0.533. The van der Waals surface area contributed by atoms with E-state index in [1.165, 1.54) is 0 Å².